The van der Waals surface area contributed by atoms with Crippen LogP contribution >= 0.6 is 0 Å². The molecule has 1 atom stereocenters. The molecule has 0 aliphatic heterocycles. The molecule has 1 heteroatoms. The molecule has 0 fully saturated rings. The van der Waals surface area contributed by atoms with E-state index in [9.17, 15) is 0 Å². The van der Waals surface area contributed by atoms with Crippen molar-refractivity contribution in [2.24, 2.45) is 5.41 Å². The van der Waals surface area contributed by atoms with Crippen LogP contribution in [0.25, 0.3) is 0 Å². The van der Waals surface area contributed by atoms with Gasteiger partial charge in [-0.1, -0.05) is 43.3 Å². The Hall–Kier alpha value is -1.50. The van der Waals surface area contributed by atoms with E-state index in [0.717, 1.165) is 19.3 Å². The Morgan fingerprint density at radius 3 is 2.72 bits per heavy atom. The fourth-order valence-corrected chi connectivity index (χ4v) is 3.17. The van der Waals surface area contributed by atoms with Crippen molar-refractivity contribution in [3.8, 4) is 0 Å². The highest BCUT2D eigenvalue weighted by Gasteiger charge is 2.38. The van der Waals surface area contributed by atoms with Crippen molar-refractivity contribution in [1.29, 1.82) is 0 Å². The molecule has 2 rings (SSSR count). The molecule has 0 saturated heterocycles. The number of allylic oxidation sites excluding steroid dienone is 2. The van der Waals surface area contributed by atoms with Crippen molar-refractivity contribution in [1.82, 2.24) is 5.32 Å². The lowest BCUT2D eigenvalue weighted by atomic mass is 9.78. The molecule has 0 saturated carbocycles. The molecule has 0 aromatic heterocycles. The summed E-state index contributed by atoms with van der Waals surface area (Å²) in [6.45, 7) is 10.4. The van der Waals surface area contributed by atoms with Crippen LogP contribution in [-0.4, -0.2) is 0 Å². The number of hydrogen-bond donors (Lipinski definition) is 1. The lowest BCUT2D eigenvalue weighted by molar-refractivity contribution is 0.346. The highest BCUT2D eigenvalue weighted by atomic mass is 14.9. The van der Waals surface area contributed by atoms with Crippen LogP contribution in [0.5, 0.6) is 0 Å². The zero-order valence-corrected chi connectivity index (χ0v) is 11.7. The fraction of sp³-hybridized carbons (Fsp3) is 0.412. The van der Waals surface area contributed by atoms with E-state index in [4.69, 9.17) is 0 Å². The van der Waals surface area contributed by atoms with Gasteiger partial charge in [-0.2, -0.15) is 0 Å². The standard InChI is InChI=1S/C17H23N/c1-5-16(18-7-3)17(6-2)11-14-9-8-13(4)10-15(14)12-17/h5,7-10,18H,3,6,11-12H2,1-2,4H3/b16-5-. The largest absolute Gasteiger partial charge is 0.365 e. The predicted molar refractivity (Wildman–Crippen MR) is 78.4 cm³/mol. The van der Waals surface area contributed by atoms with E-state index >= 15 is 0 Å². The van der Waals surface area contributed by atoms with E-state index in [1.165, 1.54) is 22.4 Å². The van der Waals surface area contributed by atoms with Crippen LogP contribution in [0, 0.1) is 12.3 Å². The maximum absolute atomic E-state index is 3.80. The maximum atomic E-state index is 3.80. The van der Waals surface area contributed by atoms with Gasteiger partial charge < -0.3 is 5.32 Å². The second kappa shape index (κ2) is 5.01. The Bertz CT molecular complexity index is 484. The third kappa shape index (κ3) is 2.10. The van der Waals surface area contributed by atoms with Gasteiger partial charge in [-0.15, -0.1) is 0 Å². The molecule has 0 bridgehead atoms. The van der Waals surface area contributed by atoms with Gasteiger partial charge in [-0.05, 0) is 50.4 Å². The van der Waals surface area contributed by atoms with E-state index in [1.807, 2.05) is 0 Å². The molecule has 1 nitrogen and oxygen atoms in total. The summed E-state index contributed by atoms with van der Waals surface area (Å²) >= 11 is 0. The first-order chi connectivity index (χ1) is 8.65. The molecular weight excluding hydrogens is 218 g/mol. The fourth-order valence-electron chi connectivity index (χ4n) is 3.17. The van der Waals surface area contributed by atoms with Gasteiger partial charge in [0.05, 0.1) is 0 Å². The second-order valence-electron chi connectivity index (χ2n) is 5.31. The van der Waals surface area contributed by atoms with Gasteiger partial charge in [0.1, 0.15) is 0 Å². The van der Waals surface area contributed by atoms with E-state index in [2.05, 4.69) is 56.9 Å². The molecule has 1 aromatic carbocycles. The van der Waals surface area contributed by atoms with E-state index in [-0.39, 0.29) is 5.41 Å². The molecule has 96 valence electrons. The lowest BCUT2D eigenvalue weighted by Gasteiger charge is -2.31. The number of aryl methyl sites for hydroxylation is 1. The molecule has 18 heavy (non-hydrogen) atoms. The normalized spacial score (nSPS) is 22.7. The molecule has 1 N–H and O–H groups in total. The number of benzene rings is 1. The number of hydrogen-bond acceptors (Lipinski definition) is 1. The summed E-state index contributed by atoms with van der Waals surface area (Å²) in [5.74, 6) is 0. The molecule has 0 heterocycles. The molecule has 0 radical (unpaired) electrons. The Morgan fingerprint density at radius 2 is 2.11 bits per heavy atom. The molecule has 1 aromatic rings. The Labute approximate surface area is 111 Å². The van der Waals surface area contributed by atoms with Crippen LogP contribution in [0.4, 0.5) is 0 Å². The smallest absolute Gasteiger partial charge is 0.0179 e. The quantitative estimate of drug-likeness (QED) is 0.836. The minimum atomic E-state index is 0.235. The molecular formula is C17H23N. The Balaban J connectivity index is 2.37. The van der Waals surface area contributed by atoms with Gasteiger partial charge in [0.2, 0.25) is 0 Å². The van der Waals surface area contributed by atoms with Crippen molar-refractivity contribution < 1.29 is 0 Å². The highest BCUT2D eigenvalue weighted by molar-refractivity contribution is 5.40. The third-order valence-corrected chi connectivity index (χ3v) is 4.21. The SMILES string of the molecule is C=CN/C(=C\C)C1(CC)Cc2ccc(C)cc2C1. The first-order valence-corrected chi connectivity index (χ1v) is 6.78. The van der Waals surface area contributed by atoms with Crippen LogP contribution < -0.4 is 5.32 Å². The molecule has 1 aliphatic carbocycles. The van der Waals surface area contributed by atoms with Crippen LogP contribution in [-0.2, 0) is 12.8 Å². The number of nitrogens with one attached hydrogen (secondary N) is 1. The lowest BCUT2D eigenvalue weighted by Crippen LogP contribution is -2.29. The summed E-state index contributed by atoms with van der Waals surface area (Å²) in [5, 5.41) is 3.34. The monoisotopic (exact) mass is 241 g/mol. The van der Waals surface area contributed by atoms with E-state index in [1.54, 1.807) is 6.20 Å². The van der Waals surface area contributed by atoms with Crippen LogP contribution in [0.1, 0.15) is 37.0 Å². The number of fused-ring (bicyclic) bond motifs is 1. The topological polar surface area (TPSA) is 12.0 Å². The van der Waals surface area contributed by atoms with E-state index < -0.39 is 0 Å². The zero-order chi connectivity index (χ0) is 13.2. The van der Waals surface area contributed by atoms with Crippen molar-refractivity contribution in [3.63, 3.8) is 0 Å². The van der Waals surface area contributed by atoms with Crippen LogP contribution in [0.3, 0.4) is 0 Å². The Kier molecular flexibility index (Phi) is 3.60. The van der Waals surface area contributed by atoms with Crippen molar-refractivity contribution in [2.75, 3.05) is 0 Å². The van der Waals surface area contributed by atoms with Gasteiger partial charge in [0.15, 0.2) is 0 Å². The zero-order valence-electron chi connectivity index (χ0n) is 11.7. The second-order valence-corrected chi connectivity index (χ2v) is 5.31. The minimum Gasteiger partial charge on any atom is -0.365 e. The van der Waals surface area contributed by atoms with Gasteiger partial charge in [0, 0.05) is 11.1 Å². The van der Waals surface area contributed by atoms with E-state index in [0.29, 0.717) is 0 Å². The first-order valence-electron chi connectivity index (χ1n) is 6.78. The summed E-state index contributed by atoms with van der Waals surface area (Å²) in [7, 11) is 0. The van der Waals surface area contributed by atoms with Gasteiger partial charge in [-0.3, -0.25) is 0 Å². The maximum Gasteiger partial charge on any atom is 0.0179 e. The summed E-state index contributed by atoms with van der Waals surface area (Å²) in [6.07, 6.45) is 7.42. The van der Waals surface area contributed by atoms with Crippen LogP contribution in [0.2, 0.25) is 0 Å². The average molecular weight is 241 g/mol. The van der Waals surface area contributed by atoms with Crippen molar-refractivity contribution in [3.05, 3.63) is 59.4 Å². The predicted octanol–water partition coefficient (Wildman–Crippen LogP) is 4.13. The highest BCUT2D eigenvalue weighted by Crippen LogP contribution is 2.44. The summed E-state index contributed by atoms with van der Waals surface area (Å²) in [6, 6.07) is 6.86. The van der Waals surface area contributed by atoms with Gasteiger partial charge >= 0.3 is 0 Å². The summed E-state index contributed by atoms with van der Waals surface area (Å²) in [5.41, 5.74) is 5.93. The first kappa shape index (κ1) is 12.9. The average Bonchev–Trinajstić information content (AvgIpc) is 2.74. The summed E-state index contributed by atoms with van der Waals surface area (Å²) < 4.78 is 0. The van der Waals surface area contributed by atoms with Crippen molar-refractivity contribution in [2.45, 2.75) is 40.0 Å². The molecule has 1 aliphatic rings. The molecule has 0 amide bonds. The molecule has 1 unspecified atom stereocenters. The minimum absolute atomic E-state index is 0.235. The third-order valence-electron chi connectivity index (χ3n) is 4.21. The van der Waals surface area contributed by atoms with Gasteiger partial charge in [-0.25, -0.2) is 0 Å². The summed E-state index contributed by atoms with van der Waals surface area (Å²) in [4.78, 5) is 0. The Morgan fingerprint density at radius 1 is 1.39 bits per heavy atom. The van der Waals surface area contributed by atoms with Crippen LogP contribution in [0.15, 0.2) is 42.8 Å². The molecule has 0 spiro atoms. The number of rotatable bonds is 4. The van der Waals surface area contributed by atoms with Gasteiger partial charge in [0.25, 0.3) is 0 Å². The van der Waals surface area contributed by atoms with Crippen molar-refractivity contribution >= 4 is 0 Å².